The number of halogens is 6. The summed E-state index contributed by atoms with van der Waals surface area (Å²) in [7, 11) is 0. The zero-order valence-electron chi connectivity index (χ0n) is 9.24. The van der Waals surface area contributed by atoms with Gasteiger partial charge in [0.25, 0.3) is 0 Å². The van der Waals surface area contributed by atoms with E-state index >= 15 is 0 Å². The van der Waals surface area contributed by atoms with Crippen molar-refractivity contribution in [2.45, 2.75) is 0 Å². The van der Waals surface area contributed by atoms with Crippen molar-refractivity contribution < 1.29 is 9.47 Å². The molecule has 20 heavy (non-hydrogen) atoms. The second kappa shape index (κ2) is 5.31. The van der Waals surface area contributed by atoms with Crippen LogP contribution in [-0.4, -0.2) is 0 Å². The van der Waals surface area contributed by atoms with Crippen LogP contribution in [0.3, 0.4) is 0 Å². The molecule has 0 saturated carbocycles. The van der Waals surface area contributed by atoms with Gasteiger partial charge in [0.05, 0.1) is 19.5 Å². The number of rotatable bonds is 0. The molecule has 8 heteroatoms. The third-order valence-electron chi connectivity index (χ3n) is 2.58. The van der Waals surface area contributed by atoms with Gasteiger partial charge in [0, 0.05) is 0 Å². The van der Waals surface area contributed by atoms with Crippen LogP contribution in [0.5, 0.6) is 23.0 Å². The molecular weight excluding hydrogens is 433 g/mol. The zero-order valence-corrected chi connectivity index (χ0v) is 14.6. The first-order valence-corrected chi connectivity index (χ1v) is 7.79. The van der Waals surface area contributed by atoms with E-state index < -0.39 is 0 Å². The van der Waals surface area contributed by atoms with Gasteiger partial charge < -0.3 is 9.47 Å². The lowest BCUT2D eigenvalue weighted by Crippen LogP contribution is -2.02. The van der Waals surface area contributed by atoms with E-state index in [0.717, 1.165) is 0 Å². The van der Waals surface area contributed by atoms with Crippen molar-refractivity contribution in [1.29, 1.82) is 0 Å². The molecule has 0 bridgehead atoms. The van der Waals surface area contributed by atoms with Crippen LogP contribution in [0.4, 0.5) is 0 Å². The van der Waals surface area contributed by atoms with E-state index in [1.807, 2.05) is 0 Å². The lowest BCUT2D eigenvalue weighted by Gasteiger charge is -2.24. The SMILES string of the molecule is Clc1cc(Cl)c2c(c1Cl)Oc1c(Cl)c(Cl)cc(Br)c1O2. The van der Waals surface area contributed by atoms with E-state index in [4.69, 9.17) is 67.5 Å². The highest BCUT2D eigenvalue weighted by Gasteiger charge is 2.30. The molecule has 0 atom stereocenters. The van der Waals surface area contributed by atoms with Crippen LogP contribution in [0.15, 0.2) is 16.6 Å². The van der Waals surface area contributed by atoms with E-state index in [1.54, 1.807) is 6.07 Å². The Morgan fingerprint density at radius 3 is 1.80 bits per heavy atom. The lowest BCUT2D eigenvalue weighted by molar-refractivity contribution is 0.358. The minimum absolute atomic E-state index is 0.184. The van der Waals surface area contributed by atoms with Gasteiger partial charge in [-0.15, -0.1) is 0 Å². The third kappa shape index (κ3) is 2.25. The molecule has 0 N–H and O–H groups in total. The molecule has 0 amide bonds. The molecule has 0 aromatic heterocycles. The highest BCUT2D eigenvalue weighted by Crippen LogP contribution is 2.58. The van der Waals surface area contributed by atoms with E-state index in [9.17, 15) is 0 Å². The lowest BCUT2D eigenvalue weighted by atomic mass is 10.2. The van der Waals surface area contributed by atoms with Crippen LogP contribution in [0.25, 0.3) is 0 Å². The average Bonchev–Trinajstić information content (AvgIpc) is 2.41. The minimum Gasteiger partial charge on any atom is -0.447 e. The van der Waals surface area contributed by atoms with Gasteiger partial charge in [-0.3, -0.25) is 0 Å². The second-order valence-corrected chi connectivity index (χ2v) is 6.66. The largest absolute Gasteiger partial charge is 0.447 e. The van der Waals surface area contributed by atoms with Gasteiger partial charge in [-0.2, -0.15) is 0 Å². The number of fused-ring (bicyclic) bond motifs is 2. The standard InChI is InChI=1S/C12H2BrCl5O2/c13-3-1-4(14)7(17)11-9(3)19-10-6(16)2-5(15)8(18)12(10)20-11/h1-2H. The van der Waals surface area contributed by atoms with Crippen LogP contribution in [0.1, 0.15) is 0 Å². The third-order valence-corrected chi connectivity index (χ3v) is 4.99. The van der Waals surface area contributed by atoms with Gasteiger partial charge in [0.1, 0.15) is 10.0 Å². The van der Waals surface area contributed by atoms with Gasteiger partial charge >= 0.3 is 0 Å². The smallest absolute Gasteiger partial charge is 0.191 e. The summed E-state index contributed by atoms with van der Waals surface area (Å²) in [5.41, 5.74) is 0. The van der Waals surface area contributed by atoms with Crippen molar-refractivity contribution in [1.82, 2.24) is 0 Å². The first kappa shape index (κ1) is 14.9. The van der Waals surface area contributed by atoms with E-state index in [-0.39, 0.29) is 37.3 Å². The highest BCUT2D eigenvalue weighted by molar-refractivity contribution is 9.10. The van der Waals surface area contributed by atoms with Crippen molar-refractivity contribution in [2.75, 3.05) is 0 Å². The van der Waals surface area contributed by atoms with Gasteiger partial charge in [-0.25, -0.2) is 0 Å². The Labute approximate surface area is 147 Å². The molecule has 2 aromatic carbocycles. The summed E-state index contributed by atoms with van der Waals surface area (Å²) >= 11 is 33.6. The molecule has 0 radical (unpaired) electrons. The van der Waals surface area contributed by atoms with Crippen molar-refractivity contribution in [3.05, 3.63) is 41.7 Å². The van der Waals surface area contributed by atoms with Crippen molar-refractivity contribution >= 4 is 73.9 Å². The maximum atomic E-state index is 6.11. The Morgan fingerprint density at radius 2 is 1.15 bits per heavy atom. The average molecular weight is 435 g/mol. The summed E-state index contributed by atoms with van der Waals surface area (Å²) in [6.07, 6.45) is 0. The predicted octanol–water partition coefficient (Wildman–Crippen LogP) is 7.61. The van der Waals surface area contributed by atoms with Crippen molar-refractivity contribution in [3.8, 4) is 23.0 Å². The normalized spacial score (nSPS) is 12.3. The molecule has 1 aliphatic heterocycles. The number of hydrogen-bond acceptors (Lipinski definition) is 2. The molecule has 1 heterocycles. The van der Waals surface area contributed by atoms with Gasteiger partial charge in [-0.05, 0) is 28.1 Å². The number of benzene rings is 2. The Bertz CT molecular complexity index is 686. The van der Waals surface area contributed by atoms with E-state index in [1.165, 1.54) is 6.07 Å². The summed E-state index contributed by atoms with van der Waals surface area (Å²) < 4.78 is 12.0. The molecule has 3 rings (SSSR count). The molecule has 0 saturated heterocycles. The van der Waals surface area contributed by atoms with Gasteiger partial charge in [0.15, 0.2) is 23.0 Å². The minimum atomic E-state index is 0.184. The Balaban J connectivity index is 2.27. The number of hydrogen-bond donors (Lipinski definition) is 0. The van der Waals surface area contributed by atoms with E-state index in [2.05, 4.69) is 15.9 Å². The Hall–Kier alpha value is -0.0300. The van der Waals surface area contributed by atoms with Crippen LogP contribution in [0, 0.1) is 0 Å². The molecule has 0 aliphatic carbocycles. The predicted molar refractivity (Wildman–Crippen MR) is 85.8 cm³/mol. The van der Waals surface area contributed by atoms with Crippen LogP contribution in [-0.2, 0) is 0 Å². The summed E-state index contributed by atoms with van der Waals surface area (Å²) in [4.78, 5) is 0. The summed E-state index contributed by atoms with van der Waals surface area (Å²) in [6, 6.07) is 3.08. The maximum Gasteiger partial charge on any atom is 0.191 e. The molecule has 0 unspecified atom stereocenters. The highest BCUT2D eigenvalue weighted by atomic mass is 79.9. The summed E-state index contributed by atoms with van der Waals surface area (Å²) in [5, 5.41) is 1.23. The van der Waals surface area contributed by atoms with Crippen molar-refractivity contribution in [3.63, 3.8) is 0 Å². The monoisotopic (exact) mass is 432 g/mol. The molecule has 0 fully saturated rings. The zero-order chi connectivity index (χ0) is 14.6. The topological polar surface area (TPSA) is 18.5 Å². The first-order chi connectivity index (χ1) is 9.40. The molecular formula is C12H2BrCl5O2. The van der Waals surface area contributed by atoms with Gasteiger partial charge in [-0.1, -0.05) is 58.0 Å². The maximum absolute atomic E-state index is 6.11. The molecule has 2 nitrogen and oxygen atoms in total. The fourth-order valence-corrected chi connectivity index (χ4v) is 3.35. The molecule has 2 aromatic rings. The Kier molecular flexibility index (Phi) is 3.95. The summed E-state index contributed by atoms with van der Waals surface area (Å²) in [6.45, 7) is 0. The molecule has 104 valence electrons. The first-order valence-electron chi connectivity index (χ1n) is 5.11. The fraction of sp³-hybridized carbons (Fsp3) is 0. The van der Waals surface area contributed by atoms with Gasteiger partial charge in [0.2, 0.25) is 0 Å². The van der Waals surface area contributed by atoms with Crippen LogP contribution in [0.2, 0.25) is 25.1 Å². The van der Waals surface area contributed by atoms with Crippen molar-refractivity contribution in [2.24, 2.45) is 0 Å². The summed E-state index contributed by atoms with van der Waals surface area (Å²) in [5.74, 6) is 1.09. The van der Waals surface area contributed by atoms with Crippen LogP contribution < -0.4 is 9.47 Å². The molecule has 1 aliphatic rings. The molecule has 0 spiro atoms. The second-order valence-electron chi connectivity index (χ2n) is 3.83. The quantitative estimate of drug-likeness (QED) is 0.338. The number of ether oxygens (including phenoxy) is 2. The fourth-order valence-electron chi connectivity index (χ4n) is 1.69. The Morgan fingerprint density at radius 1 is 0.650 bits per heavy atom. The van der Waals surface area contributed by atoms with E-state index in [0.29, 0.717) is 15.2 Å². The van der Waals surface area contributed by atoms with Crippen LogP contribution >= 0.6 is 73.9 Å².